The summed E-state index contributed by atoms with van der Waals surface area (Å²) in [4.78, 5) is 13.1. The minimum atomic E-state index is -4.39. The van der Waals surface area contributed by atoms with Gasteiger partial charge in [-0.05, 0) is 48.0 Å². The highest BCUT2D eigenvalue weighted by Gasteiger charge is 2.34. The van der Waals surface area contributed by atoms with Crippen molar-refractivity contribution in [1.29, 1.82) is 0 Å². The monoisotopic (exact) mass is 674 g/mol. The second-order valence-corrected chi connectivity index (χ2v) is 9.76. The molecule has 9 nitrogen and oxygen atoms in total. The van der Waals surface area contributed by atoms with E-state index in [9.17, 15) is 13.2 Å². The zero-order chi connectivity index (χ0) is 33.3. The number of hydrogen-bond donors (Lipinski definition) is 4. The molecule has 0 aliphatic rings. The third kappa shape index (κ3) is 12.5. The predicted molar refractivity (Wildman–Crippen MR) is 177 cm³/mol. The first-order valence-corrected chi connectivity index (χ1v) is 14.0. The van der Waals surface area contributed by atoms with Crippen molar-refractivity contribution in [2.24, 2.45) is 5.73 Å². The highest BCUT2D eigenvalue weighted by molar-refractivity contribution is 6.43. The smallest absolute Gasteiger partial charge is 0.435 e. The average molecular weight is 676 g/mol. The van der Waals surface area contributed by atoms with Crippen molar-refractivity contribution >= 4 is 57.6 Å². The minimum absolute atomic E-state index is 0.00926. The van der Waals surface area contributed by atoms with Crippen molar-refractivity contribution in [3.63, 3.8) is 0 Å². The van der Waals surface area contributed by atoms with E-state index in [2.05, 4.69) is 30.9 Å². The highest BCUT2D eigenvalue weighted by atomic mass is 35.5. The maximum Gasteiger partial charge on any atom is 0.435 e. The van der Waals surface area contributed by atoms with Gasteiger partial charge < -0.3 is 31.3 Å². The number of pyridine rings is 3. The number of halogens is 6. The molecule has 5 N–H and O–H groups in total. The maximum atomic E-state index is 12.1. The normalized spacial score (nSPS) is 10.0. The standard InChI is InChI=1S/C9H13ClN2.C7H7F3N2.C7H10N2O.C6H6Cl2N2/c1-12(2)8-3-4-9(10)7(5-8)6-11;1-11-5-3-2-4-12-6(5)7(8,9)10;1-8-6-4-3-5-9-7(6)10-2;1-9-5-3-10-2-4(7)6(5)8/h3-5H,6,11H2,1-2H3;2-4,11H,1H3;3-5,8H,1-2H3;2-3,9H,1H3. The van der Waals surface area contributed by atoms with Gasteiger partial charge in [-0.15, -0.1) is 0 Å². The Labute approximate surface area is 270 Å². The van der Waals surface area contributed by atoms with Crippen molar-refractivity contribution in [2.45, 2.75) is 12.7 Å². The van der Waals surface area contributed by atoms with Gasteiger partial charge in [0.2, 0.25) is 5.88 Å². The number of benzene rings is 1. The minimum Gasteiger partial charge on any atom is -0.480 e. The lowest BCUT2D eigenvalue weighted by molar-refractivity contribution is -0.140. The van der Waals surface area contributed by atoms with E-state index in [1.54, 1.807) is 26.6 Å². The molecular weight excluding hydrogens is 640 g/mol. The SMILES string of the molecule is CN(C)c1ccc(Cl)c(CN)c1.CNc1cccnc1C(F)(F)F.CNc1cccnc1OC.CNc1cncc(Cl)c1Cl. The number of aromatic nitrogens is 3. The second-order valence-electron chi connectivity index (χ2n) is 8.56. The molecule has 4 aromatic rings. The molecule has 0 aliphatic heterocycles. The molecule has 0 unspecified atom stereocenters. The number of alkyl halides is 3. The summed E-state index contributed by atoms with van der Waals surface area (Å²) in [5.41, 5.74) is 8.39. The molecule has 0 bridgehead atoms. The Morgan fingerprint density at radius 2 is 1.43 bits per heavy atom. The van der Waals surface area contributed by atoms with Crippen LogP contribution in [0.4, 0.5) is 35.9 Å². The van der Waals surface area contributed by atoms with Gasteiger partial charge in [-0.1, -0.05) is 34.8 Å². The van der Waals surface area contributed by atoms with Crippen molar-refractivity contribution in [3.05, 3.63) is 93.6 Å². The molecule has 15 heteroatoms. The Morgan fingerprint density at radius 3 is 1.89 bits per heavy atom. The van der Waals surface area contributed by atoms with Gasteiger partial charge in [0, 0.05) is 71.1 Å². The zero-order valence-corrected chi connectivity index (χ0v) is 27.4. The lowest BCUT2D eigenvalue weighted by atomic mass is 10.2. The largest absolute Gasteiger partial charge is 0.480 e. The predicted octanol–water partition coefficient (Wildman–Crippen LogP) is 7.57. The second kappa shape index (κ2) is 19.5. The number of anilines is 4. The molecule has 1 aromatic carbocycles. The number of hydrogen-bond acceptors (Lipinski definition) is 9. The number of ether oxygens (including phenoxy) is 1. The summed E-state index contributed by atoms with van der Waals surface area (Å²) in [5.74, 6) is 0.630. The fourth-order valence-electron chi connectivity index (χ4n) is 3.17. The molecule has 44 heavy (non-hydrogen) atoms. The van der Waals surface area contributed by atoms with Gasteiger partial charge in [-0.25, -0.2) is 9.97 Å². The van der Waals surface area contributed by atoms with E-state index in [1.807, 2.05) is 56.4 Å². The van der Waals surface area contributed by atoms with Crippen molar-refractivity contribution in [2.75, 3.05) is 63.2 Å². The van der Waals surface area contributed by atoms with E-state index in [0.717, 1.165) is 33.8 Å². The number of rotatable bonds is 6. The Morgan fingerprint density at radius 1 is 0.841 bits per heavy atom. The van der Waals surface area contributed by atoms with Gasteiger partial charge in [-0.3, -0.25) is 4.98 Å². The lowest BCUT2D eigenvalue weighted by Crippen LogP contribution is -2.10. The first-order chi connectivity index (χ1) is 20.8. The molecule has 240 valence electrons. The molecule has 0 saturated heterocycles. The van der Waals surface area contributed by atoms with Gasteiger partial charge in [-0.2, -0.15) is 13.2 Å². The number of nitrogens with two attached hydrogens (primary N) is 1. The van der Waals surface area contributed by atoms with Crippen LogP contribution in [0, 0.1) is 0 Å². The van der Waals surface area contributed by atoms with Gasteiger partial charge in [0.05, 0.1) is 40.4 Å². The summed E-state index contributed by atoms with van der Waals surface area (Å²) in [6, 6.07) is 12.4. The zero-order valence-electron chi connectivity index (χ0n) is 25.1. The van der Waals surface area contributed by atoms with Crippen LogP contribution in [0.2, 0.25) is 15.1 Å². The molecule has 0 aliphatic carbocycles. The molecule has 4 rings (SSSR count). The summed E-state index contributed by atoms with van der Waals surface area (Å²) in [6.07, 6.45) is 1.54. The Balaban J connectivity index is 0.000000294. The summed E-state index contributed by atoms with van der Waals surface area (Å²) in [7, 11) is 10.6. The number of nitrogens with one attached hydrogen (secondary N) is 3. The van der Waals surface area contributed by atoms with Crippen molar-refractivity contribution in [1.82, 2.24) is 15.0 Å². The van der Waals surface area contributed by atoms with Gasteiger partial charge in [0.1, 0.15) is 0 Å². The first-order valence-electron chi connectivity index (χ1n) is 12.8. The van der Waals surface area contributed by atoms with E-state index in [1.165, 1.54) is 25.4 Å². The van der Waals surface area contributed by atoms with Gasteiger partial charge >= 0.3 is 6.18 Å². The van der Waals surface area contributed by atoms with E-state index >= 15 is 0 Å². The van der Waals surface area contributed by atoms with Crippen LogP contribution in [-0.4, -0.2) is 57.3 Å². The molecule has 0 atom stereocenters. The van der Waals surface area contributed by atoms with E-state index in [0.29, 0.717) is 22.5 Å². The molecule has 0 saturated carbocycles. The van der Waals surface area contributed by atoms with Crippen molar-refractivity contribution < 1.29 is 17.9 Å². The van der Waals surface area contributed by atoms with Crippen LogP contribution in [0.1, 0.15) is 11.3 Å². The molecule has 0 fully saturated rings. The molecule has 3 heterocycles. The molecule has 0 radical (unpaired) electrons. The summed E-state index contributed by atoms with van der Waals surface area (Å²) in [6.45, 7) is 0.487. The van der Waals surface area contributed by atoms with Crippen LogP contribution >= 0.6 is 34.8 Å². The van der Waals surface area contributed by atoms with Crippen LogP contribution < -0.4 is 31.3 Å². The van der Waals surface area contributed by atoms with Crippen LogP contribution in [0.3, 0.4) is 0 Å². The average Bonchev–Trinajstić information content (AvgIpc) is 3.03. The van der Waals surface area contributed by atoms with Gasteiger partial charge in [0.25, 0.3) is 0 Å². The van der Waals surface area contributed by atoms with Crippen molar-refractivity contribution in [3.8, 4) is 5.88 Å². The third-order valence-corrected chi connectivity index (χ3v) is 6.61. The number of methoxy groups -OCH3 is 1. The van der Waals surface area contributed by atoms with Crippen LogP contribution in [-0.2, 0) is 12.7 Å². The first kappa shape index (κ1) is 38.3. The lowest BCUT2D eigenvalue weighted by Gasteiger charge is -2.13. The summed E-state index contributed by atoms with van der Waals surface area (Å²) < 4.78 is 41.4. The number of nitrogens with zero attached hydrogens (tertiary/aromatic N) is 4. The van der Waals surface area contributed by atoms with E-state index in [-0.39, 0.29) is 5.69 Å². The molecule has 0 spiro atoms. The van der Waals surface area contributed by atoms with E-state index < -0.39 is 11.9 Å². The summed E-state index contributed by atoms with van der Waals surface area (Å²) >= 11 is 17.3. The summed E-state index contributed by atoms with van der Waals surface area (Å²) in [5, 5.41) is 9.95. The highest BCUT2D eigenvalue weighted by Crippen LogP contribution is 2.32. The fourth-order valence-corrected chi connectivity index (χ4v) is 3.71. The van der Waals surface area contributed by atoms with E-state index in [4.69, 9.17) is 45.3 Å². The third-order valence-electron chi connectivity index (χ3n) is 5.45. The Kier molecular flexibility index (Phi) is 17.0. The molecular formula is C29H36Cl3F3N8O. The Hall–Kier alpha value is -3.71. The van der Waals surface area contributed by atoms with Crippen LogP contribution in [0.25, 0.3) is 0 Å². The van der Waals surface area contributed by atoms with Gasteiger partial charge in [0.15, 0.2) is 5.69 Å². The topological polar surface area (TPSA) is 113 Å². The maximum absolute atomic E-state index is 12.1. The Bertz CT molecular complexity index is 1410. The fraction of sp³-hybridized carbons (Fsp3) is 0.276. The molecule has 0 amide bonds. The van der Waals surface area contributed by atoms with Crippen LogP contribution in [0.15, 0.2) is 67.3 Å². The van der Waals surface area contributed by atoms with Crippen LogP contribution in [0.5, 0.6) is 5.88 Å². The molecule has 3 aromatic heterocycles. The quantitative estimate of drug-likeness (QED) is 0.164.